The van der Waals surface area contributed by atoms with Gasteiger partial charge in [0.05, 0.1) is 32.6 Å². The van der Waals surface area contributed by atoms with Gasteiger partial charge in [-0.1, -0.05) is 6.92 Å². The number of hydrogen-bond donors (Lipinski definition) is 1. The Balaban J connectivity index is 1.84. The number of carbonyl (C=O) groups is 1. The van der Waals surface area contributed by atoms with E-state index in [2.05, 4.69) is 22.2 Å². The largest absolute Gasteiger partial charge is 0.493 e. The molecule has 180 valence electrons. The maximum absolute atomic E-state index is 13.8. The number of methoxy groups -OCH3 is 3. The molecule has 0 saturated carbocycles. The van der Waals surface area contributed by atoms with Gasteiger partial charge in [0.1, 0.15) is 0 Å². The molecule has 1 aromatic carbocycles. The van der Waals surface area contributed by atoms with Crippen LogP contribution in [0.1, 0.15) is 48.7 Å². The molecule has 3 aromatic rings. The van der Waals surface area contributed by atoms with Gasteiger partial charge < -0.3 is 24.4 Å². The highest BCUT2D eigenvalue weighted by Crippen LogP contribution is 2.41. The van der Waals surface area contributed by atoms with Gasteiger partial charge in [0.15, 0.2) is 17.1 Å². The zero-order valence-corrected chi connectivity index (χ0v) is 20.5. The number of ether oxygens (including phenoxy) is 3. The van der Waals surface area contributed by atoms with Crippen molar-refractivity contribution in [3.63, 3.8) is 0 Å². The van der Waals surface area contributed by atoms with Gasteiger partial charge in [0.2, 0.25) is 5.75 Å². The Morgan fingerprint density at radius 2 is 1.85 bits per heavy atom. The number of aryl methyl sites for hydroxylation is 1. The number of aromatic nitrogens is 2. The minimum absolute atomic E-state index is 0.0172. The molecule has 0 aliphatic carbocycles. The van der Waals surface area contributed by atoms with Crippen molar-refractivity contribution in [2.24, 2.45) is 0 Å². The molecule has 34 heavy (non-hydrogen) atoms. The number of pyridine rings is 2. The Morgan fingerprint density at radius 1 is 1.12 bits per heavy atom. The fourth-order valence-electron chi connectivity index (χ4n) is 4.61. The van der Waals surface area contributed by atoms with Crippen LogP contribution in [-0.4, -0.2) is 54.7 Å². The van der Waals surface area contributed by atoms with Crippen molar-refractivity contribution in [3.8, 4) is 17.2 Å². The zero-order valence-electron chi connectivity index (χ0n) is 20.5. The number of anilines is 2. The van der Waals surface area contributed by atoms with E-state index in [4.69, 9.17) is 14.2 Å². The van der Waals surface area contributed by atoms with Gasteiger partial charge in [-0.05, 0) is 44.7 Å². The summed E-state index contributed by atoms with van der Waals surface area (Å²) in [7, 11) is 4.72. The summed E-state index contributed by atoms with van der Waals surface area (Å²) in [5.41, 5.74) is 3.32. The Bertz CT molecular complexity index is 1170. The SMILES string of the molecule is CC[C@@H]1CCCCN1C(=O)c1cnc2nc(C)ccc2c1Nc1cc(OC)c(OC)c(OC)c1. The number of carbonyl (C=O) groups excluding carboxylic acids is 1. The normalized spacial score (nSPS) is 15.8. The van der Waals surface area contributed by atoms with Crippen molar-refractivity contribution in [2.75, 3.05) is 33.2 Å². The number of benzene rings is 1. The standard InChI is InChI=1S/C26H32N4O4/c1-6-18-9-7-8-12-30(18)26(31)20-15-27-25-19(11-10-16(2)28-25)23(20)29-17-13-21(32-3)24(34-5)22(14-17)33-4/h10-11,13-15,18H,6-9,12H2,1-5H3,(H,27,28,29)/t18-/m1/s1. The Hall–Kier alpha value is -3.55. The van der Waals surface area contributed by atoms with E-state index >= 15 is 0 Å². The van der Waals surface area contributed by atoms with E-state index in [1.54, 1.807) is 27.5 Å². The first-order valence-electron chi connectivity index (χ1n) is 11.6. The summed E-state index contributed by atoms with van der Waals surface area (Å²) in [6, 6.07) is 7.75. The van der Waals surface area contributed by atoms with Gasteiger partial charge in [0.25, 0.3) is 5.91 Å². The lowest BCUT2D eigenvalue weighted by Crippen LogP contribution is -2.43. The average molecular weight is 465 g/mol. The van der Waals surface area contributed by atoms with E-state index < -0.39 is 0 Å². The zero-order chi connectivity index (χ0) is 24.2. The predicted octanol–water partition coefficient (Wildman–Crippen LogP) is 5.11. The van der Waals surface area contributed by atoms with Crippen LogP contribution in [0.25, 0.3) is 11.0 Å². The lowest BCUT2D eigenvalue weighted by atomic mass is 9.98. The molecule has 0 spiro atoms. The number of fused-ring (bicyclic) bond motifs is 1. The van der Waals surface area contributed by atoms with E-state index in [9.17, 15) is 4.79 Å². The maximum atomic E-state index is 13.8. The van der Waals surface area contributed by atoms with Crippen LogP contribution in [0.5, 0.6) is 17.2 Å². The molecule has 1 saturated heterocycles. The number of nitrogens with zero attached hydrogens (tertiary/aromatic N) is 3. The molecule has 2 aromatic heterocycles. The molecule has 0 radical (unpaired) electrons. The van der Waals surface area contributed by atoms with Crippen LogP contribution in [0.15, 0.2) is 30.5 Å². The van der Waals surface area contributed by atoms with Crippen LogP contribution in [0, 0.1) is 6.92 Å². The first-order chi connectivity index (χ1) is 16.5. The van der Waals surface area contributed by atoms with Crippen LogP contribution in [-0.2, 0) is 0 Å². The molecule has 8 heteroatoms. The van der Waals surface area contributed by atoms with Crippen LogP contribution in [0.3, 0.4) is 0 Å². The van der Waals surface area contributed by atoms with E-state index in [0.717, 1.165) is 43.3 Å². The minimum atomic E-state index is -0.0172. The van der Waals surface area contributed by atoms with E-state index in [0.29, 0.717) is 39.8 Å². The van der Waals surface area contributed by atoms with Crippen LogP contribution >= 0.6 is 0 Å². The Kier molecular flexibility index (Phi) is 7.05. The van der Waals surface area contributed by atoms with Gasteiger partial charge in [-0.2, -0.15) is 0 Å². The molecular formula is C26H32N4O4. The smallest absolute Gasteiger partial charge is 0.257 e. The number of hydrogen-bond acceptors (Lipinski definition) is 7. The second kappa shape index (κ2) is 10.2. The summed E-state index contributed by atoms with van der Waals surface area (Å²) in [5.74, 6) is 1.53. The van der Waals surface area contributed by atoms with Crippen LogP contribution in [0.4, 0.5) is 11.4 Å². The lowest BCUT2D eigenvalue weighted by molar-refractivity contribution is 0.0609. The molecule has 1 amide bonds. The van der Waals surface area contributed by atoms with Crippen LogP contribution < -0.4 is 19.5 Å². The summed E-state index contributed by atoms with van der Waals surface area (Å²) in [5, 5.41) is 4.22. The number of amides is 1. The molecule has 1 aliphatic rings. The summed E-state index contributed by atoms with van der Waals surface area (Å²) < 4.78 is 16.5. The average Bonchev–Trinajstić information content (AvgIpc) is 2.87. The quantitative estimate of drug-likeness (QED) is 0.520. The lowest BCUT2D eigenvalue weighted by Gasteiger charge is -2.35. The van der Waals surface area contributed by atoms with Gasteiger partial charge in [0, 0.05) is 47.7 Å². The molecule has 8 nitrogen and oxygen atoms in total. The Morgan fingerprint density at radius 3 is 2.50 bits per heavy atom. The molecule has 0 unspecified atom stereocenters. The second-order valence-corrected chi connectivity index (χ2v) is 8.47. The van der Waals surface area contributed by atoms with Gasteiger partial charge in [-0.3, -0.25) is 4.79 Å². The summed E-state index contributed by atoms with van der Waals surface area (Å²) in [4.78, 5) is 24.9. The first-order valence-corrected chi connectivity index (χ1v) is 11.6. The molecule has 3 heterocycles. The van der Waals surface area contributed by atoms with Crippen molar-refractivity contribution >= 4 is 28.3 Å². The highest BCUT2D eigenvalue weighted by atomic mass is 16.5. The highest BCUT2D eigenvalue weighted by molar-refractivity contribution is 6.07. The summed E-state index contributed by atoms with van der Waals surface area (Å²) in [6.45, 7) is 4.81. The Labute approximate surface area is 200 Å². The topological polar surface area (TPSA) is 85.8 Å². The number of piperidine rings is 1. The van der Waals surface area contributed by atoms with E-state index in [1.165, 1.54) is 0 Å². The second-order valence-electron chi connectivity index (χ2n) is 8.47. The molecule has 4 rings (SSSR count). The van der Waals surface area contributed by atoms with Crippen molar-refractivity contribution in [1.29, 1.82) is 0 Å². The fourth-order valence-corrected chi connectivity index (χ4v) is 4.61. The number of nitrogens with one attached hydrogen (secondary N) is 1. The van der Waals surface area contributed by atoms with Crippen molar-refractivity contribution in [2.45, 2.75) is 45.6 Å². The molecule has 1 atom stereocenters. The molecule has 1 fully saturated rings. The minimum Gasteiger partial charge on any atom is -0.493 e. The predicted molar refractivity (Wildman–Crippen MR) is 133 cm³/mol. The molecule has 0 bridgehead atoms. The fraction of sp³-hybridized carbons (Fsp3) is 0.423. The summed E-state index contributed by atoms with van der Waals surface area (Å²) >= 11 is 0. The highest BCUT2D eigenvalue weighted by Gasteiger charge is 2.29. The van der Waals surface area contributed by atoms with Crippen LogP contribution in [0.2, 0.25) is 0 Å². The number of likely N-dealkylation sites (tertiary alicyclic amines) is 1. The van der Waals surface area contributed by atoms with Gasteiger partial charge in [-0.15, -0.1) is 0 Å². The third-order valence-corrected chi connectivity index (χ3v) is 6.39. The third kappa shape index (κ3) is 4.44. The monoisotopic (exact) mass is 464 g/mol. The van der Waals surface area contributed by atoms with E-state index in [-0.39, 0.29) is 11.9 Å². The first kappa shape index (κ1) is 23.6. The van der Waals surface area contributed by atoms with Crippen molar-refractivity contribution in [1.82, 2.24) is 14.9 Å². The number of rotatable bonds is 7. The summed E-state index contributed by atoms with van der Waals surface area (Å²) in [6.07, 6.45) is 5.76. The van der Waals surface area contributed by atoms with Crippen molar-refractivity contribution in [3.05, 3.63) is 41.7 Å². The van der Waals surface area contributed by atoms with Crippen molar-refractivity contribution < 1.29 is 19.0 Å². The molecular weight excluding hydrogens is 432 g/mol. The maximum Gasteiger partial charge on any atom is 0.257 e. The van der Waals surface area contributed by atoms with Gasteiger partial charge >= 0.3 is 0 Å². The third-order valence-electron chi connectivity index (χ3n) is 6.39. The molecule has 1 N–H and O–H groups in total. The van der Waals surface area contributed by atoms with Gasteiger partial charge in [-0.25, -0.2) is 9.97 Å². The van der Waals surface area contributed by atoms with E-state index in [1.807, 2.05) is 36.1 Å². The molecule has 1 aliphatic heterocycles.